The fourth-order valence-corrected chi connectivity index (χ4v) is 1.69. The van der Waals surface area contributed by atoms with E-state index in [9.17, 15) is 9.90 Å². The van der Waals surface area contributed by atoms with Crippen LogP contribution in [0.5, 0.6) is 0 Å². The van der Waals surface area contributed by atoms with Gasteiger partial charge in [0, 0.05) is 6.42 Å². The first-order valence-corrected chi connectivity index (χ1v) is 5.30. The molecule has 4 heteroatoms. The fourth-order valence-electron chi connectivity index (χ4n) is 1.69. The Morgan fingerprint density at radius 1 is 1.38 bits per heavy atom. The van der Waals surface area contributed by atoms with Crippen molar-refractivity contribution in [3.63, 3.8) is 0 Å². The quantitative estimate of drug-likeness (QED) is 0.703. The Kier molecular flexibility index (Phi) is 2.69. The molecule has 0 spiro atoms. The van der Waals surface area contributed by atoms with Crippen molar-refractivity contribution in [2.75, 3.05) is 0 Å². The molecule has 1 aromatic rings. The summed E-state index contributed by atoms with van der Waals surface area (Å²) in [6, 6.07) is 6.10. The molecule has 0 radical (unpaired) electrons. The van der Waals surface area contributed by atoms with Gasteiger partial charge in [-0.25, -0.2) is 0 Å². The van der Waals surface area contributed by atoms with Gasteiger partial charge in [-0.15, -0.1) is 0 Å². The second-order valence-electron chi connectivity index (χ2n) is 4.46. The van der Waals surface area contributed by atoms with E-state index in [1.165, 1.54) is 0 Å². The third-order valence-corrected chi connectivity index (χ3v) is 2.97. The highest BCUT2D eigenvalue weighted by atomic mass is 16.4. The molecule has 4 N–H and O–H groups in total. The molecule has 0 heterocycles. The summed E-state index contributed by atoms with van der Waals surface area (Å²) in [5, 5.41) is 18.5. The van der Waals surface area contributed by atoms with E-state index in [0.29, 0.717) is 12.0 Å². The summed E-state index contributed by atoms with van der Waals surface area (Å²) >= 11 is 0. The standard InChI is InChI=1S/C12H15NO3/c13-10(11(14)15)9-3-1-8(2-4-9)7-12(16)5-6-12/h1-4,10,16H,5-7,13H2,(H,14,15). The molecule has 1 aromatic carbocycles. The molecule has 16 heavy (non-hydrogen) atoms. The molecule has 1 unspecified atom stereocenters. The van der Waals surface area contributed by atoms with Crippen LogP contribution in [0.2, 0.25) is 0 Å². The Hall–Kier alpha value is -1.39. The molecule has 0 saturated heterocycles. The van der Waals surface area contributed by atoms with E-state index in [-0.39, 0.29) is 0 Å². The predicted octanol–water partition coefficient (Wildman–Crippen LogP) is 0.838. The summed E-state index contributed by atoms with van der Waals surface area (Å²) in [6.07, 6.45) is 2.34. The first kappa shape index (κ1) is 11.1. The molecule has 0 aromatic heterocycles. The maximum Gasteiger partial charge on any atom is 0.325 e. The molecule has 2 rings (SSSR count). The molecule has 0 amide bonds. The van der Waals surface area contributed by atoms with Crippen LogP contribution in [0.15, 0.2) is 24.3 Å². The molecule has 1 aliphatic carbocycles. The summed E-state index contributed by atoms with van der Waals surface area (Å²) in [6.45, 7) is 0. The van der Waals surface area contributed by atoms with Crippen molar-refractivity contribution in [3.05, 3.63) is 35.4 Å². The van der Waals surface area contributed by atoms with Gasteiger partial charge in [0.2, 0.25) is 0 Å². The lowest BCUT2D eigenvalue weighted by Crippen LogP contribution is -2.20. The van der Waals surface area contributed by atoms with Crippen LogP contribution in [-0.2, 0) is 11.2 Å². The van der Waals surface area contributed by atoms with E-state index in [1.54, 1.807) is 12.1 Å². The Bertz CT molecular complexity index is 395. The minimum absolute atomic E-state index is 0.517. The molecule has 4 nitrogen and oxygen atoms in total. The molecule has 1 atom stereocenters. The zero-order chi connectivity index (χ0) is 11.8. The highest BCUT2D eigenvalue weighted by molar-refractivity contribution is 5.75. The maximum absolute atomic E-state index is 10.7. The van der Waals surface area contributed by atoms with Crippen LogP contribution >= 0.6 is 0 Å². The van der Waals surface area contributed by atoms with Crippen LogP contribution in [0.25, 0.3) is 0 Å². The topological polar surface area (TPSA) is 83.6 Å². The van der Waals surface area contributed by atoms with Crippen molar-refractivity contribution in [2.24, 2.45) is 5.73 Å². The second-order valence-corrected chi connectivity index (χ2v) is 4.46. The van der Waals surface area contributed by atoms with Crippen molar-refractivity contribution in [2.45, 2.75) is 30.9 Å². The van der Waals surface area contributed by atoms with Crippen molar-refractivity contribution in [3.8, 4) is 0 Å². The third kappa shape index (κ3) is 2.40. The predicted molar refractivity (Wildman–Crippen MR) is 58.9 cm³/mol. The lowest BCUT2D eigenvalue weighted by atomic mass is 10.0. The molecule has 86 valence electrons. The number of aliphatic carboxylic acids is 1. The lowest BCUT2D eigenvalue weighted by molar-refractivity contribution is -0.138. The molecule has 0 aliphatic heterocycles. The largest absolute Gasteiger partial charge is 0.480 e. The average molecular weight is 221 g/mol. The number of rotatable bonds is 4. The summed E-state index contributed by atoms with van der Waals surface area (Å²) in [4.78, 5) is 10.7. The molecule has 1 aliphatic rings. The molecular formula is C12H15NO3. The average Bonchev–Trinajstić information content (AvgIpc) is 2.96. The van der Waals surface area contributed by atoms with Gasteiger partial charge in [-0.1, -0.05) is 24.3 Å². The van der Waals surface area contributed by atoms with E-state index in [2.05, 4.69) is 0 Å². The fraction of sp³-hybridized carbons (Fsp3) is 0.417. The number of carboxylic acid groups (broad SMARTS) is 1. The summed E-state index contributed by atoms with van der Waals surface area (Å²) < 4.78 is 0. The van der Waals surface area contributed by atoms with Crippen molar-refractivity contribution in [1.29, 1.82) is 0 Å². The molecule has 1 saturated carbocycles. The summed E-state index contributed by atoms with van der Waals surface area (Å²) in [5.41, 5.74) is 6.56. The van der Waals surface area contributed by atoms with Crippen LogP contribution in [0.3, 0.4) is 0 Å². The van der Waals surface area contributed by atoms with Crippen LogP contribution < -0.4 is 5.73 Å². The van der Waals surface area contributed by atoms with Gasteiger partial charge in [0.05, 0.1) is 5.60 Å². The molecule has 0 bridgehead atoms. The van der Waals surface area contributed by atoms with Gasteiger partial charge in [-0.2, -0.15) is 0 Å². The minimum atomic E-state index is -1.03. The first-order valence-electron chi connectivity index (χ1n) is 5.30. The van der Waals surface area contributed by atoms with Gasteiger partial charge in [0.15, 0.2) is 0 Å². The number of hydrogen-bond acceptors (Lipinski definition) is 3. The minimum Gasteiger partial charge on any atom is -0.480 e. The van der Waals surface area contributed by atoms with Crippen LogP contribution in [0, 0.1) is 0 Å². The summed E-state index contributed by atoms with van der Waals surface area (Å²) in [5.74, 6) is -1.03. The Balaban J connectivity index is 2.07. The normalized spacial score (nSPS) is 19.1. The number of benzene rings is 1. The van der Waals surface area contributed by atoms with Crippen molar-refractivity contribution in [1.82, 2.24) is 0 Å². The Morgan fingerprint density at radius 2 is 1.94 bits per heavy atom. The van der Waals surface area contributed by atoms with Gasteiger partial charge in [-0.3, -0.25) is 4.79 Å². The lowest BCUT2D eigenvalue weighted by Gasteiger charge is -2.10. The van der Waals surface area contributed by atoms with Gasteiger partial charge >= 0.3 is 5.97 Å². The number of aliphatic hydroxyl groups is 1. The zero-order valence-electron chi connectivity index (χ0n) is 8.89. The number of carboxylic acids is 1. The maximum atomic E-state index is 10.7. The second kappa shape index (κ2) is 3.88. The molecular weight excluding hydrogens is 206 g/mol. The van der Waals surface area contributed by atoms with E-state index in [1.807, 2.05) is 12.1 Å². The van der Waals surface area contributed by atoms with E-state index >= 15 is 0 Å². The van der Waals surface area contributed by atoms with E-state index in [0.717, 1.165) is 18.4 Å². The van der Waals surface area contributed by atoms with Gasteiger partial charge < -0.3 is 15.9 Å². The Morgan fingerprint density at radius 3 is 2.38 bits per heavy atom. The first-order chi connectivity index (χ1) is 7.50. The highest BCUT2D eigenvalue weighted by Crippen LogP contribution is 2.38. The summed E-state index contributed by atoms with van der Waals surface area (Å²) in [7, 11) is 0. The van der Waals surface area contributed by atoms with Crippen molar-refractivity contribution < 1.29 is 15.0 Å². The van der Waals surface area contributed by atoms with Crippen LogP contribution in [0.4, 0.5) is 0 Å². The highest BCUT2D eigenvalue weighted by Gasteiger charge is 2.39. The number of hydrogen-bond donors (Lipinski definition) is 3. The monoisotopic (exact) mass is 221 g/mol. The third-order valence-electron chi connectivity index (χ3n) is 2.97. The number of nitrogens with two attached hydrogens (primary N) is 1. The van der Waals surface area contributed by atoms with Crippen molar-refractivity contribution >= 4 is 5.97 Å². The Labute approximate surface area is 93.7 Å². The van der Waals surface area contributed by atoms with Gasteiger partial charge in [0.1, 0.15) is 6.04 Å². The zero-order valence-corrected chi connectivity index (χ0v) is 8.89. The smallest absolute Gasteiger partial charge is 0.325 e. The van der Waals surface area contributed by atoms with E-state index in [4.69, 9.17) is 10.8 Å². The molecule has 1 fully saturated rings. The van der Waals surface area contributed by atoms with Gasteiger partial charge in [-0.05, 0) is 24.0 Å². The SMILES string of the molecule is NC(C(=O)O)c1ccc(CC2(O)CC2)cc1. The van der Waals surface area contributed by atoms with Crippen LogP contribution in [0.1, 0.15) is 30.0 Å². The number of carbonyl (C=O) groups is 1. The van der Waals surface area contributed by atoms with Crippen LogP contribution in [-0.4, -0.2) is 21.8 Å². The van der Waals surface area contributed by atoms with Gasteiger partial charge in [0.25, 0.3) is 0 Å². The van der Waals surface area contributed by atoms with E-state index < -0.39 is 17.6 Å².